The van der Waals surface area contributed by atoms with E-state index in [0.29, 0.717) is 22.2 Å². The summed E-state index contributed by atoms with van der Waals surface area (Å²) in [5.74, 6) is -1.07. The fourth-order valence-electron chi connectivity index (χ4n) is 2.42. The molecule has 3 aromatic rings. The highest BCUT2D eigenvalue weighted by Gasteiger charge is 2.18. The van der Waals surface area contributed by atoms with E-state index in [9.17, 15) is 18.7 Å². The summed E-state index contributed by atoms with van der Waals surface area (Å²) >= 11 is -2.44. The van der Waals surface area contributed by atoms with Crippen LogP contribution in [0.25, 0.3) is 22.0 Å². The summed E-state index contributed by atoms with van der Waals surface area (Å²) in [5, 5.41) is 10.0. The third kappa shape index (κ3) is 2.59. The number of carboxylic acids is 1. The lowest BCUT2D eigenvalue weighted by molar-refractivity contribution is 0.0692. The number of fused-ring (bicyclic) bond motifs is 1. The molecule has 0 saturated carbocycles. The molecule has 7 heteroatoms. The fraction of sp³-hybridized carbons (Fsp3) is 0. The van der Waals surface area contributed by atoms with Crippen molar-refractivity contribution < 1.29 is 18.7 Å². The van der Waals surface area contributed by atoms with E-state index in [1.54, 1.807) is 30.3 Å². The van der Waals surface area contributed by atoms with Crippen molar-refractivity contribution in [3.8, 4) is 11.1 Å². The van der Waals surface area contributed by atoms with E-state index >= 15 is 0 Å². The van der Waals surface area contributed by atoms with Gasteiger partial charge in [0.2, 0.25) is 0 Å². The van der Waals surface area contributed by atoms with Crippen molar-refractivity contribution in [2.45, 2.75) is 0 Å². The zero-order valence-electron chi connectivity index (χ0n) is 11.2. The molecule has 112 valence electrons. The molecule has 0 fully saturated rings. The van der Waals surface area contributed by atoms with Crippen LogP contribution in [-0.4, -0.2) is 24.8 Å². The topological polar surface area (TPSA) is 105 Å². The van der Waals surface area contributed by atoms with E-state index in [2.05, 4.69) is 9.71 Å². The predicted octanol–water partition coefficient (Wildman–Crippen LogP) is 2.74. The maximum Gasteiger partial charge on any atom is 0.352 e. The minimum atomic E-state index is -2.44. The Kier molecular flexibility index (Phi) is 3.66. The summed E-state index contributed by atoms with van der Waals surface area (Å²) < 4.78 is 23.8. The normalized spacial score (nSPS) is 12.2. The first-order chi connectivity index (χ1) is 10.6. The molecular weight excluding hydrogens is 304 g/mol. The number of anilines is 1. The average Bonchev–Trinajstić information content (AvgIpc) is 2.86. The fourth-order valence-corrected chi connectivity index (χ4v) is 2.74. The van der Waals surface area contributed by atoms with E-state index in [-0.39, 0.29) is 5.69 Å². The first-order valence-corrected chi connectivity index (χ1v) is 7.44. The Balaban J connectivity index is 2.27. The summed E-state index contributed by atoms with van der Waals surface area (Å²) in [6, 6.07) is 13.9. The molecule has 0 aliphatic heterocycles. The Morgan fingerprint density at radius 3 is 2.55 bits per heavy atom. The summed E-state index contributed by atoms with van der Waals surface area (Å²) in [4.78, 5) is 14.3. The van der Waals surface area contributed by atoms with Crippen LogP contribution < -0.4 is 4.72 Å². The van der Waals surface area contributed by atoms with Crippen LogP contribution in [-0.2, 0) is 11.3 Å². The van der Waals surface area contributed by atoms with Crippen LogP contribution >= 0.6 is 0 Å². The van der Waals surface area contributed by atoms with E-state index < -0.39 is 17.2 Å². The molecule has 1 atom stereocenters. The van der Waals surface area contributed by atoms with Gasteiger partial charge in [0.1, 0.15) is 5.69 Å². The van der Waals surface area contributed by atoms with E-state index in [1.807, 2.05) is 18.2 Å². The third-order valence-electron chi connectivity index (χ3n) is 3.28. The second-order valence-electron chi connectivity index (χ2n) is 4.64. The number of aromatic amines is 1. The highest BCUT2D eigenvalue weighted by atomic mass is 32.2. The van der Waals surface area contributed by atoms with Crippen molar-refractivity contribution >= 4 is 33.8 Å². The van der Waals surface area contributed by atoms with E-state index in [0.717, 1.165) is 5.56 Å². The van der Waals surface area contributed by atoms with Crippen LogP contribution in [0.5, 0.6) is 0 Å². The number of carboxylic acid groups (broad SMARTS) is 1. The molecule has 0 saturated heterocycles. The molecule has 0 spiro atoms. The van der Waals surface area contributed by atoms with Gasteiger partial charge in [-0.1, -0.05) is 30.3 Å². The number of benzene rings is 2. The van der Waals surface area contributed by atoms with Gasteiger partial charge in [-0.15, -0.1) is 0 Å². The number of aromatic nitrogens is 1. The van der Waals surface area contributed by atoms with Crippen LogP contribution in [0.3, 0.4) is 0 Å². The minimum Gasteiger partial charge on any atom is -0.755 e. The zero-order chi connectivity index (χ0) is 15.7. The van der Waals surface area contributed by atoms with Crippen LogP contribution in [0.1, 0.15) is 10.5 Å². The summed E-state index contributed by atoms with van der Waals surface area (Å²) in [7, 11) is 0. The quantitative estimate of drug-likeness (QED) is 0.644. The number of hydrogen-bond acceptors (Lipinski definition) is 3. The maximum atomic E-state index is 11.5. The summed E-state index contributed by atoms with van der Waals surface area (Å²) in [6.07, 6.45) is 0. The van der Waals surface area contributed by atoms with Gasteiger partial charge in [0, 0.05) is 33.4 Å². The van der Waals surface area contributed by atoms with Gasteiger partial charge in [0.25, 0.3) is 0 Å². The minimum absolute atomic E-state index is 0.0709. The maximum absolute atomic E-state index is 11.5. The van der Waals surface area contributed by atoms with Crippen LogP contribution in [0.2, 0.25) is 0 Å². The lowest BCUT2D eigenvalue weighted by atomic mass is 10.0. The van der Waals surface area contributed by atoms with Crippen molar-refractivity contribution in [2.75, 3.05) is 4.72 Å². The van der Waals surface area contributed by atoms with Crippen molar-refractivity contribution in [3.63, 3.8) is 0 Å². The Morgan fingerprint density at radius 2 is 1.91 bits per heavy atom. The standard InChI is InChI=1S/C15H12N2O4S/c18-15(19)14-13(9-4-2-1-3-5-9)11-8-10(17-22(20)21)6-7-12(11)16-14/h1-8,16-17H,(H,18,19)(H,20,21)/p-1. The lowest BCUT2D eigenvalue weighted by Crippen LogP contribution is -2.01. The Morgan fingerprint density at radius 1 is 1.18 bits per heavy atom. The Bertz CT molecular complexity index is 874. The monoisotopic (exact) mass is 315 g/mol. The average molecular weight is 315 g/mol. The summed E-state index contributed by atoms with van der Waals surface area (Å²) in [5.41, 5.74) is 2.34. The van der Waals surface area contributed by atoms with Crippen molar-refractivity contribution in [3.05, 3.63) is 54.2 Å². The molecular formula is C15H11N2O4S-. The first-order valence-electron chi connectivity index (χ1n) is 6.36. The van der Waals surface area contributed by atoms with Gasteiger partial charge >= 0.3 is 5.97 Å². The molecule has 1 unspecified atom stereocenters. The van der Waals surface area contributed by atoms with Crippen molar-refractivity contribution in [1.82, 2.24) is 4.98 Å². The first kappa shape index (κ1) is 14.3. The molecule has 0 amide bonds. The predicted molar refractivity (Wildman–Crippen MR) is 83.2 cm³/mol. The molecule has 2 aromatic carbocycles. The van der Waals surface area contributed by atoms with Gasteiger partial charge in [-0.05, 0) is 23.8 Å². The van der Waals surface area contributed by atoms with Gasteiger partial charge in [-0.25, -0.2) is 4.79 Å². The molecule has 3 rings (SSSR count). The number of carbonyl (C=O) groups is 1. The highest BCUT2D eigenvalue weighted by molar-refractivity contribution is 7.80. The van der Waals surface area contributed by atoms with Gasteiger partial charge in [0.15, 0.2) is 0 Å². The smallest absolute Gasteiger partial charge is 0.352 e. The molecule has 22 heavy (non-hydrogen) atoms. The van der Waals surface area contributed by atoms with Crippen LogP contribution in [0, 0.1) is 0 Å². The Hall–Kier alpha value is -2.64. The molecule has 0 bridgehead atoms. The van der Waals surface area contributed by atoms with Gasteiger partial charge in [0.05, 0.1) is 0 Å². The third-order valence-corrected chi connectivity index (χ3v) is 3.68. The number of H-pyrrole nitrogens is 1. The summed E-state index contributed by atoms with van der Waals surface area (Å²) in [6.45, 7) is 0. The zero-order valence-corrected chi connectivity index (χ0v) is 12.0. The largest absolute Gasteiger partial charge is 0.755 e. The van der Waals surface area contributed by atoms with Crippen LogP contribution in [0.4, 0.5) is 5.69 Å². The van der Waals surface area contributed by atoms with E-state index in [1.165, 1.54) is 0 Å². The van der Waals surface area contributed by atoms with Gasteiger partial charge < -0.3 is 19.4 Å². The highest BCUT2D eigenvalue weighted by Crippen LogP contribution is 2.34. The number of rotatable bonds is 4. The molecule has 0 aliphatic carbocycles. The number of nitrogens with one attached hydrogen (secondary N) is 2. The Labute approximate surface area is 128 Å². The van der Waals surface area contributed by atoms with Crippen molar-refractivity contribution in [1.29, 1.82) is 0 Å². The van der Waals surface area contributed by atoms with Crippen molar-refractivity contribution in [2.24, 2.45) is 0 Å². The second kappa shape index (κ2) is 5.63. The molecule has 0 radical (unpaired) electrons. The lowest BCUT2D eigenvalue weighted by Gasteiger charge is -2.09. The second-order valence-corrected chi connectivity index (χ2v) is 5.32. The van der Waals surface area contributed by atoms with Gasteiger partial charge in [-0.2, -0.15) is 0 Å². The van der Waals surface area contributed by atoms with Crippen LogP contribution in [0.15, 0.2) is 48.5 Å². The van der Waals surface area contributed by atoms with E-state index in [4.69, 9.17) is 0 Å². The van der Waals surface area contributed by atoms with Gasteiger partial charge in [-0.3, -0.25) is 4.21 Å². The number of aromatic carboxylic acids is 1. The molecule has 3 N–H and O–H groups in total. The molecule has 1 aromatic heterocycles. The SMILES string of the molecule is O=C(O)c1[nH]c2ccc(NS(=O)[O-])cc2c1-c1ccccc1. The molecule has 0 aliphatic rings. The molecule has 1 heterocycles. The number of hydrogen-bond donors (Lipinski definition) is 3. The molecule has 6 nitrogen and oxygen atoms in total.